The number of carbonyl (C=O) groups excluding carboxylic acids is 1. The fraction of sp³-hybridized carbons (Fsp3) is 0.286. The predicted octanol–water partition coefficient (Wildman–Crippen LogP) is 3.91. The van der Waals surface area contributed by atoms with Crippen LogP contribution in [-0.4, -0.2) is 31.1 Å². The number of rotatable bonds is 7. The second kappa shape index (κ2) is 7.88. The number of nitrogens with zero attached hydrogens (tertiary/aromatic N) is 1. The van der Waals surface area contributed by atoms with Crippen molar-refractivity contribution in [2.24, 2.45) is 0 Å². The average Bonchev–Trinajstić information content (AvgIpc) is 3.50. The first kappa shape index (κ1) is 17.1. The van der Waals surface area contributed by atoms with Crippen LogP contribution in [-0.2, 0) is 11.3 Å². The van der Waals surface area contributed by atoms with Gasteiger partial charge in [-0.15, -0.1) is 0 Å². The van der Waals surface area contributed by atoms with Gasteiger partial charge in [0.25, 0.3) is 0 Å². The molecule has 0 aliphatic heterocycles. The van der Waals surface area contributed by atoms with Crippen molar-refractivity contribution < 1.29 is 14.3 Å². The number of carbonyl (C=O) groups is 1. The Bertz CT molecular complexity index is 751. The predicted molar refractivity (Wildman–Crippen MR) is 98.6 cm³/mol. The number of methoxy groups -OCH3 is 2. The second-order valence-electron chi connectivity index (χ2n) is 6.12. The van der Waals surface area contributed by atoms with Crippen molar-refractivity contribution in [2.75, 3.05) is 14.2 Å². The summed E-state index contributed by atoms with van der Waals surface area (Å²) < 4.78 is 10.6. The summed E-state index contributed by atoms with van der Waals surface area (Å²) in [6.07, 6.45) is 5.60. The van der Waals surface area contributed by atoms with E-state index in [1.807, 2.05) is 41.3 Å². The molecule has 130 valence electrons. The van der Waals surface area contributed by atoms with Crippen molar-refractivity contribution in [1.82, 2.24) is 4.90 Å². The number of benzene rings is 2. The fourth-order valence-electron chi connectivity index (χ4n) is 2.77. The smallest absolute Gasteiger partial charge is 0.247 e. The highest BCUT2D eigenvalue weighted by atomic mass is 16.5. The minimum absolute atomic E-state index is 0.0317. The molecule has 0 unspecified atom stereocenters. The van der Waals surface area contributed by atoms with Crippen molar-refractivity contribution in [3.05, 3.63) is 65.7 Å². The molecule has 0 atom stereocenters. The van der Waals surface area contributed by atoms with E-state index in [-0.39, 0.29) is 5.91 Å². The molecular weight excluding hydrogens is 314 g/mol. The molecule has 3 rings (SSSR count). The summed E-state index contributed by atoms with van der Waals surface area (Å²) >= 11 is 0. The summed E-state index contributed by atoms with van der Waals surface area (Å²) in [6.45, 7) is 0.647. The van der Waals surface area contributed by atoms with Crippen LogP contribution in [0.2, 0.25) is 0 Å². The molecule has 1 amide bonds. The summed E-state index contributed by atoms with van der Waals surface area (Å²) in [7, 11) is 3.23. The lowest BCUT2D eigenvalue weighted by Gasteiger charge is -2.21. The minimum atomic E-state index is 0.0317. The highest BCUT2D eigenvalue weighted by Crippen LogP contribution is 2.29. The Morgan fingerprint density at radius 2 is 1.88 bits per heavy atom. The molecule has 0 bridgehead atoms. The van der Waals surface area contributed by atoms with Crippen molar-refractivity contribution in [3.8, 4) is 11.5 Å². The van der Waals surface area contributed by atoms with E-state index in [1.54, 1.807) is 26.4 Å². The van der Waals surface area contributed by atoms with Gasteiger partial charge < -0.3 is 14.4 Å². The van der Waals surface area contributed by atoms with Crippen LogP contribution in [0.25, 0.3) is 6.08 Å². The normalized spacial score (nSPS) is 13.7. The van der Waals surface area contributed by atoms with Gasteiger partial charge in [0.15, 0.2) is 0 Å². The summed E-state index contributed by atoms with van der Waals surface area (Å²) in [5, 5.41) is 0. The Kier molecular flexibility index (Phi) is 5.39. The summed E-state index contributed by atoms with van der Waals surface area (Å²) in [5.41, 5.74) is 2.00. The Hall–Kier alpha value is -2.75. The van der Waals surface area contributed by atoms with E-state index in [0.717, 1.165) is 29.7 Å². The van der Waals surface area contributed by atoms with Gasteiger partial charge in [-0.25, -0.2) is 0 Å². The molecule has 0 aromatic heterocycles. The molecule has 0 spiro atoms. The first-order valence-electron chi connectivity index (χ1n) is 8.46. The van der Waals surface area contributed by atoms with Gasteiger partial charge in [-0.1, -0.05) is 30.3 Å². The number of hydrogen-bond donors (Lipinski definition) is 0. The van der Waals surface area contributed by atoms with Gasteiger partial charge in [0.2, 0.25) is 5.91 Å². The Morgan fingerprint density at radius 3 is 2.52 bits per heavy atom. The van der Waals surface area contributed by atoms with Crippen LogP contribution in [0.3, 0.4) is 0 Å². The lowest BCUT2D eigenvalue weighted by Crippen LogP contribution is -2.31. The van der Waals surface area contributed by atoms with E-state index in [4.69, 9.17) is 9.47 Å². The third-order valence-corrected chi connectivity index (χ3v) is 4.31. The highest BCUT2D eigenvalue weighted by molar-refractivity contribution is 5.92. The number of ether oxygens (including phenoxy) is 2. The van der Waals surface area contributed by atoms with Crippen LogP contribution in [0.5, 0.6) is 11.5 Å². The van der Waals surface area contributed by atoms with Gasteiger partial charge in [0.05, 0.1) is 14.2 Å². The third kappa shape index (κ3) is 4.41. The van der Waals surface area contributed by atoms with E-state index in [9.17, 15) is 4.79 Å². The van der Waals surface area contributed by atoms with Gasteiger partial charge in [-0.05, 0) is 36.6 Å². The van der Waals surface area contributed by atoms with Crippen LogP contribution in [0, 0.1) is 0 Å². The third-order valence-electron chi connectivity index (χ3n) is 4.31. The SMILES string of the molecule is COc1ccc(/C=C/C(=O)N(Cc2ccccc2)C2CC2)c(OC)c1. The molecule has 2 aromatic carbocycles. The Balaban J connectivity index is 1.74. The van der Waals surface area contributed by atoms with Crippen LogP contribution in [0.15, 0.2) is 54.6 Å². The lowest BCUT2D eigenvalue weighted by atomic mass is 10.1. The topological polar surface area (TPSA) is 38.8 Å². The van der Waals surface area contributed by atoms with Gasteiger partial charge in [-0.3, -0.25) is 4.79 Å². The molecular formula is C21H23NO3. The van der Waals surface area contributed by atoms with Crippen LogP contribution in [0.1, 0.15) is 24.0 Å². The molecule has 4 heteroatoms. The van der Waals surface area contributed by atoms with Crippen molar-refractivity contribution in [2.45, 2.75) is 25.4 Å². The molecule has 1 saturated carbocycles. The van der Waals surface area contributed by atoms with Crippen molar-refractivity contribution >= 4 is 12.0 Å². The molecule has 2 aromatic rings. The van der Waals surface area contributed by atoms with E-state index < -0.39 is 0 Å². The molecule has 0 heterocycles. The Morgan fingerprint density at radius 1 is 1.12 bits per heavy atom. The molecule has 1 aliphatic rings. The first-order chi connectivity index (χ1) is 12.2. The maximum atomic E-state index is 12.7. The molecule has 0 N–H and O–H groups in total. The molecule has 0 saturated heterocycles. The molecule has 25 heavy (non-hydrogen) atoms. The average molecular weight is 337 g/mol. The maximum absolute atomic E-state index is 12.7. The Labute approximate surface area is 148 Å². The van der Waals surface area contributed by atoms with Crippen molar-refractivity contribution in [3.63, 3.8) is 0 Å². The van der Waals surface area contributed by atoms with E-state index in [1.165, 1.54) is 0 Å². The van der Waals surface area contributed by atoms with E-state index >= 15 is 0 Å². The summed E-state index contributed by atoms with van der Waals surface area (Å²) in [6, 6.07) is 16.0. The quantitative estimate of drug-likeness (QED) is 0.719. The zero-order valence-electron chi connectivity index (χ0n) is 14.6. The molecule has 4 nitrogen and oxygen atoms in total. The molecule has 1 aliphatic carbocycles. The minimum Gasteiger partial charge on any atom is -0.497 e. The van der Waals surface area contributed by atoms with Gasteiger partial charge >= 0.3 is 0 Å². The monoisotopic (exact) mass is 337 g/mol. The zero-order chi connectivity index (χ0) is 17.6. The lowest BCUT2D eigenvalue weighted by molar-refractivity contribution is -0.127. The van der Waals surface area contributed by atoms with E-state index in [0.29, 0.717) is 18.3 Å². The molecule has 0 radical (unpaired) electrons. The van der Waals surface area contributed by atoms with Crippen molar-refractivity contribution in [1.29, 1.82) is 0 Å². The number of hydrogen-bond acceptors (Lipinski definition) is 3. The van der Waals surface area contributed by atoms with Crippen LogP contribution in [0.4, 0.5) is 0 Å². The van der Waals surface area contributed by atoms with E-state index in [2.05, 4.69) is 12.1 Å². The van der Waals surface area contributed by atoms with Crippen LogP contribution >= 0.6 is 0 Å². The molecule has 1 fully saturated rings. The van der Waals surface area contributed by atoms with Gasteiger partial charge in [-0.2, -0.15) is 0 Å². The fourth-order valence-corrected chi connectivity index (χ4v) is 2.77. The zero-order valence-corrected chi connectivity index (χ0v) is 14.6. The summed E-state index contributed by atoms with van der Waals surface area (Å²) in [4.78, 5) is 14.6. The maximum Gasteiger partial charge on any atom is 0.247 e. The van der Waals surface area contributed by atoms with Gasteiger partial charge in [0, 0.05) is 30.3 Å². The second-order valence-corrected chi connectivity index (χ2v) is 6.12. The largest absolute Gasteiger partial charge is 0.497 e. The first-order valence-corrected chi connectivity index (χ1v) is 8.46. The highest BCUT2D eigenvalue weighted by Gasteiger charge is 2.31. The summed E-state index contributed by atoms with van der Waals surface area (Å²) in [5.74, 6) is 1.44. The van der Waals surface area contributed by atoms with Crippen LogP contribution < -0.4 is 9.47 Å². The number of amides is 1. The standard InChI is InChI=1S/C21H23NO3/c1-24-19-12-8-17(20(14-19)25-2)9-13-21(23)22(18-10-11-18)15-16-6-4-3-5-7-16/h3-9,12-14,18H,10-11,15H2,1-2H3/b13-9+. The van der Waals surface area contributed by atoms with Gasteiger partial charge in [0.1, 0.15) is 11.5 Å².